The highest BCUT2D eigenvalue weighted by atomic mass is 15.0. The molecule has 3 fully saturated rings. The topological polar surface area (TPSA) is 38.0 Å². The van der Waals surface area contributed by atoms with Gasteiger partial charge in [0.15, 0.2) is 0 Å². The van der Waals surface area contributed by atoms with Crippen LogP contribution in [0.2, 0.25) is 0 Å². The highest BCUT2D eigenvalue weighted by Crippen LogP contribution is 2.51. The maximum absolute atomic E-state index is 6.10. The Hall–Kier alpha value is -0.0800. The highest BCUT2D eigenvalue weighted by molar-refractivity contribution is 5.01. The lowest BCUT2D eigenvalue weighted by molar-refractivity contribution is 0.113. The van der Waals surface area contributed by atoms with Crippen molar-refractivity contribution in [2.75, 3.05) is 13.1 Å². The van der Waals surface area contributed by atoms with E-state index >= 15 is 0 Å². The van der Waals surface area contributed by atoms with Gasteiger partial charge in [-0.1, -0.05) is 19.8 Å². The zero-order valence-electron chi connectivity index (χ0n) is 12.0. The Kier molecular flexibility index (Phi) is 3.44. The van der Waals surface area contributed by atoms with Crippen molar-refractivity contribution in [1.29, 1.82) is 0 Å². The van der Waals surface area contributed by atoms with Crippen molar-refractivity contribution in [3.63, 3.8) is 0 Å². The summed E-state index contributed by atoms with van der Waals surface area (Å²) in [4.78, 5) is 0. The first-order chi connectivity index (χ1) is 8.67. The van der Waals surface area contributed by atoms with Crippen LogP contribution in [0.15, 0.2) is 0 Å². The molecule has 18 heavy (non-hydrogen) atoms. The standard InChI is InChI=1S/C16H30N2/c1-13-10-14(13)11-18-16(12-17)8-6-15(7-9-16)4-2-3-5-15/h13-14,18H,2-12,17H2,1H3. The molecule has 0 aliphatic heterocycles. The van der Waals surface area contributed by atoms with Crippen molar-refractivity contribution in [3.05, 3.63) is 0 Å². The van der Waals surface area contributed by atoms with Gasteiger partial charge in [0.25, 0.3) is 0 Å². The molecular formula is C16H30N2. The third-order valence-electron chi connectivity index (χ3n) is 6.34. The van der Waals surface area contributed by atoms with Gasteiger partial charge in [-0.3, -0.25) is 0 Å². The average Bonchev–Trinajstić information content (AvgIpc) is 2.92. The molecule has 2 heteroatoms. The second-order valence-electron chi connectivity index (χ2n) is 7.55. The summed E-state index contributed by atoms with van der Waals surface area (Å²) in [5, 5.41) is 3.86. The maximum Gasteiger partial charge on any atom is 0.0304 e. The predicted octanol–water partition coefficient (Wildman–Crippen LogP) is 3.06. The van der Waals surface area contributed by atoms with E-state index in [4.69, 9.17) is 5.73 Å². The van der Waals surface area contributed by atoms with Crippen LogP contribution in [0, 0.1) is 17.3 Å². The van der Waals surface area contributed by atoms with Crippen molar-refractivity contribution in [3.8, 4) is 0 Å². The summed E-state index contributed by atoms with van der Waals surface area (Å²) < 4.78 is 0. The van der Waals surface area contributed by atoms with E-state index < -0.39 is 0 Å². The minimum absolute atomic E-state index is 0.288. The fourth-order valence-corrected chi connectivity index (χ4v) is 4.37. The molecule has 2 unspecified atom stereocenters. The summed E-state index contributed by atoms with van der Waals surface area (Å²) in [5.41, 5.74) is 7.12. The van der Waals surface area contributed by atoms with E-state index in [1.807, 2.05) is 0 Å². The SMILES string of the molecule is CC1CC1CNC1(CN)CCC2(CCCC2)CC1. The highest BCUT2D eigenvalue weighted by Gasteiger charge is 2.44. The normalized spacial score (nSPS) is 37.0. The molecule has 3 saturated carbocycles. The van der Waals surface area contributed by atoms with Crippen LogP contribution in [0.3, 0.4) is 0 Å². The van der Waals surface area contributed by atoms with Gasteiger partial charge in [-0.25, -0.2) is 0 Å². The summed E-state index contributed by atoms with van der Waals surface area (Å²) in [5.74, 6) is 1.90. The van der Waals surface area contributed by atoms with Crippen LogP contribution in [-0.2, 0) is 0 Å². The molecular weight excluding hydrogens is 220 g/mol. The minimum Gasteiger partial charge on any atom is -0.329 e. The second kappa shape index (κ2) is 4.79. The summed E-state index contributed by atoms with van der Waals surface area (Å²) in [6.45, 7) is 4.42. The van der Waals surface area contributed by atoms with Gasteiger partial charge in [0.05, 0.1) is 0 Å². The molecule has 0 bridgehead atoms. The third-order valence-corrected chi connectivity index (χ3v) is 6.34. The lowest BCUT2D eigenvalue weighted by atomic mass is 9.66. The molecule has 0 radical (unpaired) electrons. The van der Waals surface area contributed by atoms with Gasteiger partial charge in [-0.2, -0.15) is 0 Å². The molecule has 0 amide bonds. The Labute approximate surface area is 112 Å². The van der Waals surface area contributed by atoms with Gasteiger partial charge >= 0.3 is 0 Å². The zero-order valence-corrected chi connectivity index (χ0v) is 12.0. The maximum atomic E-state index is 6.10. The molecule has 3 N–H and O–H groups in total. The summed E-state index contributed by atoms with van der Waals surface area (Å²) in [6.07, 6.45) is 12.9. The predicted molar refractivity (Wildman–Crippen MR) is 76.4 cm³/mol. The molecule has 0 saturated heterocycles. The van der Waals surface area contributed by atoms with Gasteiger partial charge in [0, 0.05) is 12.1 Å². The fourth-order valence-electron chi connectivity index (χ4n) is 4.37. The van der Waals surface area contributed by atoms with E-state index in [0.717, 1.165) is 23.8 Å². The number of hydrogen-bond acceptors (Lipinski definition) is 2. The lowest BCUT2D eigenvalue weighted by Crippen LogP contribution is -2.55. The van der Waals surface area contributed by atoms with E-state index in [9.17, 15) is 0 Å². The molecule has 0 aromatic rings. The Morgan fingerprint density at radius 3 is 2.17 bits per heavy atom. The molecule has 104 valence electrons. The number of nitrogens with one attached hydrogen (secondary N) is 1. The Morgan fingerprint density at radius 2 is 1.67 bits per heavy atom. The molecule has 0 aromatic heterocycles. The van der Waals surface area contributed by atoms with Crippen LogP contribution in [0.25, 0.3) is 0 Å². The van der Waals surface area contributed by atoms with Crippen LogP contribution in [-0.4, -0.2) is 18.6 Å². The van der Waals surface area contributed by atoms with Gasteiger partial charge in [0.1, 0.15) is 0 Å². The van der Waals surface area contributed by atoms with Crippen LogP contribution in [0.5, 0.6) is 0 Å². The molecule has 3 aliphatic carbocycles. The van der Waals surface area contributed by atoms with Crippen LogP contribution in [0.1, 0.15) is 64.7 Å². The largest absolute Gasteiger partial charge is 0.329 e. The molecule has 3 aliphatic rings. The van der Waals surface area contributed by atoms with Crippen molar-refractivity contribution in [1.82, 2.24) is 5.32 Å². The van der Waals surface area contributed by atoms with E-state index in [-0.39, 0.29) is 5.54 Å². The Morgan fingerprint density at radius 1 is 1.06 bits per heavy atom. The molecule has 0 heterocycles. The first kappa shape index (κ1) is 12.9. The molecule has 3 rings (SSSR count). The summed E-state index contributed by atoms with van der Waals surface area (Å²) >= 11 is 0. The Bertz CT molecular complexity index is 283. The monoisotopic (exact) mass is 250 g/mol. The van der Waals surface area contributed by atoms with Gasteiger partial charge in [0.2, 0.25) is 0 Å². The summed E-state index contributed by atoms with van der Waals surface area (Å²) in [6, 6.07) is 0. The third kappa shape index (κ3) is 2.46. The quantitative estimate of drug-likeness (QED) is 0.805. The van der Waals surface area contributed by atoms with Gasteiger partial charge < -0.3 is 11.1 Å². The first-order valence-corrected chi connectivity index (χ1v) is 8.12. The first-order valence-electron chi connectivity index (χ1n) is 8.12. The minimum atomic E-state index is 0.288. The van der Waals surface area contributed by atoms with E-state index in [0.29, 0.717) is 0 Å². The van der Waals surface area contributed by atoms with Crippen molar-refractivity contribution in [2.24, 2.45) is 23.0 Å². The number of hydrogen-bond donors (Lipinski definition) is 2. The van der Waals surface area contributed by atoms with Crippen molar-refractivity contribution >= 4 is 0 Å². The van der Waals surface area contributed by atoms with Gasteiger partial charge in [-0.05, 0) is 68.7 Å². The van der Waals surface area contributed by atoms with Crippen LogP contribution < -0.4 is 11.1 Å². The van der Waals surface area contributed by atoms with E-state index in [2.05, 4.69) is 12.2 Å². The molecule has 2 atom stereocenters. The van der Waals surface area contributed by atoms with Crippen LogP contribution >= 0.6 is 0 Å². The lowest BCUT2D eigenvalue weighted by Gasteiger charge is -2.45. The smallest absolute Gasteiger partial charge is 0.0304 e. The average molecular weight is 250 g/mol. The van der Waals surface area contributed by atoms with E-state index in [1.54, 1.807) is 0 Å². The number of rotatable bonds is 4. The van der Waals surface area contributed by atoms with Gasteiger partial charge in [-0.15, -0.1) is 0 Å². The second-order valence-corrected chi connectivity index (χ2v) is 7.55. The van der Waals surface area contributed by atoms with Crippen molar-refractivity contribution in [2.45, 2.75) is 70.3 Å². The molecule has 1 spiro atoms. The van der Waals surface area contributed by atoms with E-state index in [1.165, 1.54) is 64.3 Å². The fraction of sp³-hybridized carbons (Fsp3) is 1.00. The van der Waals surface area contributed by atoms with Crippen LogP contribution in [0.4, 0.5) is 0 Å². The summed E-state index contributed by atoms with van der Waals surface area (Å²) in [7, 11) is 0. The molecule has 0 aromatic carbocycles. The number of nitrogens with two attached hydrogens (primary N) is 1. The molecule has 2 nitrogen and oxygen atoms in total. The zero-order chi connectivity index (χ0) is 12.6. The van der Waals surface area contributed by atoms with Crippen molar-refractivity contribution < 1.29 is 0 Å². The Balaban J connectivity index is 1.53.